The Hall–Kier alpha value is -0.120. The Balaban J connectivity index is 1.48. The maximum Gasteiger partial charge on any atom is 0.0575 e. The van der Waals surface area contributed by atoms with E-state index in [1.165, 1.54) is 51.6 Å². The van der Waals surface area contributed by atoms with Crippen molar-refractivity contribution in [3.05, 3.63) is 0 Å². The molecule has 88 valence electrons. The molecule has 1 saturated heterocycles. The molecule has 1 saturated carbocycles. The van der Waals surface area contributed by atoms with E-state index in [1.54, 1.807) is 0 Å². The molecule has 2 aliphatic rings. The highest BCUT2D eigenvalue weighted by Crippen LogP contribution is 2.21. The van der Waals surface area contributed by atoms with Gasteiger partial charge in [0, 0.05) is 32.3 Å². The third-order valence-corrected chi connectivity index (χ3v) is 3.78. The van der Waals surface area contributed by atoms with Gasteiger partial charge >= 0.3 is 0 Å². The summed E-state index contributed by atoms with van der Waals surface area (Å²) in [4.78, 5) is 2.48. The van der Waals surface area contributed by atoms with Gasteiger partial charge in [0.2, 0.25) is 0 Å². The molecule has 15 heavy (non-hydrogen) atoms. The molecule has 0 bridgehead atoms. The number of nitrogens with two attached hydrogens (primary N) is 1. The van der Waals surface area contributed by atoms with Gasteiger partial charge in [-0.1, -0.05) is 12.8 Å². The van der Waals surface area contributed by atoms with Crippen molar-refractivity contribution in [3.8, 4) is 0 Å². The van der Waals surface area contributed by atoms with Gasteiger partial charge in [-0.2, -0.15) is 0 Å². The van der Waals surface area contributed by atoms with Crippen molar-refractivity contribution in [2.75, 3.05) is 26.2 Å². The number of hydrogen-bond acceptors (Lipinski definition) is 3. The second-order valence-electron chi connectivity index (χ2n) is 4.84. The zero-order chi connectivity index (χ0) is 10.5. The van der Waals surface area contributed by atoms with Crippen LogP contribution in [-0.4, -0.2) is 43.3 Å². The van der Waals surface area contributed by atoms with Gasteiger partial charge < -0.3 is 10.5 Å². The summed E-state index contributed by atoms with van der Waals surface area (Å²) in [5.74, 6) is 0. The predicted octanol–water partition coefficient (Wildman–Crippen LogP) is 1.37. The molecule has 1 aliphatic carbocycles. The second kappa shape index (κ2) is 5.83. The van der Waals surface area contributed by atoms with Crippen molar-refractivity contribution in [2.24, 2.45) is 5.73 Å². The van der Waals surface area contributed by atoms with Crippen molar-refractivity contribution >= 4 is 0 Å². The summed E-state index contributed by atoms with van der Waals surface area (Å²) in [6.45, 7) is 4.18. The topological polar surface area (TPSA) is 38.5 Å². The van der Waals surface area contributed by atoms with Gasteiger partial charge in [-0.15, -0.1) is 0 Å². The quantitative estimate of drug-likeness (QED) is 0.676. The van der Waals surface area contributed by atoms with E-state index in [2.05, 4.69) is 4.90 Å². The lowest BCUT2D eigenvalue weighted by atomic mass is 10.0. The molecule has 1 atom stereocenters. The summed E-state index contributed by atoms with van der Waals surface area (Å²) in [5.41, 5.74) is 5.66. The third kappa shape index (κ3) is 3.16. The first kappa shape index (κ1) is 11.4. The van der Waals surface area contributed by atoms with Gasteiger partial charge in [0.25, 0.3) is 0 Å². The summed E-state index contributed by atoms with van der Waals surface area (Å²) in [7, 11) is 0. The van der Waals surface area contributed by atoms with Crippen LogP contribution in [0.5, 0.6) is 0 Å². The molecule has 2 N–H and O–H groups in total. The second-order valence-corrected chi connectivity index (χ2v) is 4.84. The van der Waals surface area contributed by atoms with E-state index in [4.69, 9.17) is 10.5 Å². The van der Waals surface area contributed by atoms with Crippen molar-refractivity contribution in [1.29, 1.82) is 0 Å². The van der Waals surface area contributed by atoms with Crippen LogP contribution in [0.2, 0.25) is 0 Å². The lowest BCUT2D eigenvalue weighted by molar-refractivity contribution is 0.0363. The number of ether oxygens (including phenoxy) is 1. The van der Waals surface area contributed by atoms with E-state index in [1.807, 2.05) is 0 Å². The molecule has 3 nitrogen and oxygen atoms in total. The molecule has 2 fully saturated rings. The molecule has 1 unspecified atom stereocenters. The summed E-state index contributed by atoms with van der Waals surface area (Å²) in [5, 5.41) is 0. The molecule has 3 heteroatoms. The molecule has 0 radical (unpaired) electrons. The average molecular weight is 212 g/mol. The third-order valence-electron chi connectivity index (χ3n) is 3.78. The van der Waals surface area contributed by atoms with Crippen molar-refractivity contribution in [1.82, 2.24) is 4.90 Å². The van der Waals surface area contributed by atoms with E-state index in [0.717, 1.165) is 13.2 Å². The van der Waals surface area contributed by atoms with Crippen molar-refractivity contribution in [2.45, 2.75) is 50.7 Å². The van der Waals surface area contributed by atoms with Crippen LogP contribution in [0.4, 0.5) is 0 Å². The van der Waals surface area contributed by atoms with Crippen molar-refractivity contribution in [3.63, 3.8) is 0 Å². The Morgan fingerprint density at radius 2 is 2.00 bits per heavy atom. The Bertz CT molecular complexity index is 178. The highest BCUT2D eigenvalue weighted by Gasteiger charge is 2.25. The highest BCUT2D eigenvalue weighted by atomic mass is 16.5. The summed E-state index contributed by atoms with van der Waals surface area (Å²) >= 11 is 0. The first-order valence-corrected chi connectivity index (χ1v) is 6.46. The average Bonchev–Trinajstić information content (AvgIpc) is 2.69. The van der Waals surface area contributed by atoms with E-state index in [9.17, 15) is 0 Å². The van der Waals surface area contributed by atoms with Crippen LogP contribution in [-0.2, 0) is 4.74 Å². The largest absolute Gasteiger partial charge is 0.378 e. The zero-order valence-electron chi connectivity index (χ0n) is 9.66. The smallest absolute Gasteiger partial charge is 0.0575 e. The summed E-state index contributed by atoms with van der Waals surface area (Å²) in [6.07, 6.45) is 8.35. The van der Waals surface area contributed by atoms with Crippen LogP contribution in [0, 0.1) is 0 Å². The monoisotopic (exact) mass is 212 g/mol. The fraction of sp³-hybridized carbons (Fsp3) is 1.00. The normalized spacial score (nSPS) is 28.2. The number of rotatable bonds is 6. The molecular weight excluding hydrogens is 188 g/mol. The lowest BCUT2D eigenvalue weighted by Crippen LogP contribution is -2.52. The van der Waals surface area contributed by atoms with Gasteiger partial charge in [0.15, 0.2) is 0 Å². The Morgan fingerprint density at radius 1 is 1.20 bits per heavy atom. The molecule has 1 aliphatic heterocycles. The minimum Gasteiger partial charge on any atom is -0.378 e. The molecule has 2 rings (SSSR count). The van der Waals surface area contributed by atoms with Crippen LogP contribution < -0.4 is 5.73 Å². The van der Waals surface area contributed by atoms with E-state index in [0.29, 0.717) is 12.1 Å². The minimum atomic E-state index is 0.576. The summed E-state index contributed by atoms with van der Waals surface area (Å²) in [6, 6.07) is 0.663. The van der Waals surface area contributed by atoms with Gasteiger partial charge in [-0.3, -0.25) is 4.90 Å². The van der Waals surface area contributed by atoms with E-state index >= 15 is 0 Å². The Kier molecular flexibility index (Phi) is 4.42. The molecule has 0 aromatic carbocycles. The molecule has 1 heterocycles. The van der Waals surface area contributed by atoms with Gasteiger partial charge in [0.1, 0.15) is 0 Å². The van der Waals surface area contributed by atoms with Gasteiger partial charge in [-0.05, 0) is 25.7 Å². The molecular formula is C12H24N2O. The fourth-order valence-electron chi connectivity index (χ4n) is 2.63. The predicted molar refractivity (Wildman–Crippen MR) is 61.9 cm³/mol. The fourth-order valence-corrected chi connectivity index (χ4v) is 2.63. The molecule has 0 aromatic rings. The van der Waals surface area contributed by atoms with Crippen LogP contribution in [0.15, 0.2) is 0 Å². The Morgan fingerprint density at radius 3 is 2.60 bits per heavy atom. The molecule has 0 amide bonds. The first-order chi connectivity index (χ1) is 7.40. The Labute approximate surface area is 93.0 Å². The van der Waals surface area contributed by atoms with Crippen LogP contribution in [0.25, 0.3) is 0 Å². The number of likely N-dealkylation sites (tertiary alicyclic amines) is 1. The standard InChI is InChI=1S/C12H24N2O/c13-10-11-6-8-14(11)7-3-9-15-12-4-1-2-5-12/h11-12H,1-10,13H2. The van der Waals surface area contributed by atoms with Crippen LogP contribution >= 0.6 is 0 Å². The van der Waals surface area contributed by atoms with Crippen molar-refractivity contribution < 1.29 is 4.74 Å². The molecule has 0 spiro atoms. The lowest BCUT2D eigenvalue weighted by Gasteiger charge is -2.40. The van der Waals surface area contributed by atoms with E-state index in [-0.39, 0.29) is 0 Å². The maximum atomic E-state index is 5.83. The zero-order valence-corrected chi connectivity index (χ0v) is 9.66. The number of nitrogens with zero attached hydrogens (tertiary/aromatic N) is 1. The van der Waals surface area contributed by atoms with Gasteiger partial charge in [-0.25, -0.2) is 0 Å². The minimum absolute atomic E-state index is 0.576. The van der Waals surface area contributed by atoms with E-state index < -0.39 is 0 Å². The van der Waals surface area contributed by atoms with Crippen LogP contribution in [0.3, 0.4) is 0 Å². The maximum absolute atomic E-state index is 5.83. The number of hydrogen-bond donors (Lipinski definition) is 1. The first-order valence-electron chi connectivity index (χ1n) is 6.46. The van der Waals surface area contributed by atoms with Crippen LogP contribution in [0.1, 0.15) is 38.5 Å². The van der Waals surface area contributed by atoms with Gasteiger partial charge in [0.05, 0.1) is 6.10 Å². The summed E-state index contributed by atoms with van der Waals surface area (Å²) < 4.78 is 5.83. The highest BCUT2D eigenvalue weighted by molar-refractivity contribution is 4.82. The SMILES string of the molecule is NCC1CCN1CCCOC1CCCC1. The molecule has 0 aromatic heterocycles.